The van der Waals surface area contributed by atoms with Crippen molar-refractivity contribution in [3.8, 4) is 0 Å². The molecule has 1 N–H and O–H groups in total. The van der Waals surface area contributed by atoms with E-state index in [9.17, 15) is 9.59 Å². The fraction of sp³-hybridized carbons (Fsp3) is 0.300. The summed E-state index contributed by atoms with van der Waals surface area (Å²) in [6.45, 7) is 3.51. The summed E-state index contributed by atoms with van der Waals surface area (Å²) in [5, 5.41) is 4.10. The summed E-state index contributed by atoms with van der Waals surface area (Å²) in [6, 6.07) is 10.9. The summed E-state index contributed by atoms with van der Waals surface area (Å²) in [7, 11) is 0. The van der Waals surface area contributed by atoms with Gasteiger partial charge in [-0.05, 0) is 38.1 Å². The molecule has 0 amide bonds. The predicted molar refractivity (Wildman–Crippen MR) is 111 cm³/mol. The number of hydrogen-bond donors (Lipinski definition) is 1. The van der Waals surface area contributed by atoms with E-state index in [-0.39, 0.29) is 23.3 Å². The SMILES string of the molecule is CCOC(=O)C(C(=O)OCC)C(Nc1ccccc1Cl)c1c(Cl)cccc1Cl. The Balaban J connectivity index is 2.61. The molecule has 0 aliphatic rings. The maximum Gasteiger partial charge on any atom is 0.322 e. The molecule has 0 saturated carbocycles. The van der Waals surface area contributed by atoms with Crippen LogP contribution in [0.15, 0.2) is 42.5 Å². The number of nitrogens with one attached hydrogen (secondary N) is 1. The van der Waals surface area contributed by atoms with Crippen LogP contribution in [0.25, 0.3) is 0 Å². The van der Waals surface area contributed by atoms with E-state index in [0.717, 1.165) is 0 Å². The number of carbonyl (C=O) groups is 2. The molecule has 2 aromatic carbocycles. The van der Waals surface area contributed by atoms with Gasteiger partial charge in [0.25, 0.3) is 0 Å². The molecule has 150 valence electrons. The Morgan fingerprint density at radius 3 is 1.86 bits per heavy atom. The van der Waals surface area contributed by atoms with Crippen molar-refractivity contribution in [3.05, 3.63) is 63.1 Å². The second-order valence-electron chi connectivity index (χ2n) is 5.72. The van der Waals surface area contributed by atoms with Gasteiger partial charge in [0.2, 0.25) is 0 Å². The second-order valence-corrected chi connectivity index (χ2v) is 6.94. The molecule has 5 nitrogen and oxygen atoms in total. The number of benzene rings is 2. The summed E-state index contributed by atoms with van der Waals surface area (Å²) in [6.07, 6.45) is 0. The van der Waals surface area contributed by atoms with Crippen LogP contribution in [0.3, 0.4) is 0 Å². The Morgan fingerprint density at radius 1 is 0.857 bits per heavy atom. The Kier molecular flexibility index (Phi) is 8.42. The van der Waals surface area contributed by atoms with Crippen molar-refractivity contribution in [2.24, 2.45) is 5.92 Å². The van der Waals surface area contributed by atoms with Crippen LogP contribution in [0.2, 0.25) is 15.1 Å². The molecule has 0 radical (unpaired) electrons. The fourth-order valence-electron chi connectivity index (χ4n) is 2.71. The highest BCUT2D eigenvalue weighted by Crippen LogP contribution is 2.39. The highest BCUT2D eigenvalue weighted by molar-refractivity contribution is 6.36. The first-order valence-electron chi connectivity index (χ1n) is 8.68. The lowest BCUT2D eigenvalue weighted by Crippen LogP contribution is -2.37. The van der Waals surface area contributed by atoms with Gasteiger partial charge in [-0.15, -0.1) is 0 Å². The first-order valence-corrected chi connectivity index (χ1v) is 9.82. The molecular weight excluding hydrogens is 425 g/mol. The highest BCUT2D eigenvalue weighted by atomic mass is 35.5. The molecule has 0 bridgehead atoms. The van der Waals surface area contributed by atoms with E-state index >= 15 is 0 Å². The number of esters is 2. The number of ether oxygens (including phenoxy) is 2. The summed E-state index contributed by atoms with van der Waals surface area (Å²) < 4.78 is 10.2. The van der Waals surface area contributed by atoms with Crippen molar-refractivity contribution < 1.29 is 19.1 Å². The fourth-order valence-corrected chi connectivity index (χ4v) is 3.53. The lowest BCUT2D eigenvalue weighted by atomic mass is 9.92. The van der Waals surface area contributed by atoms with Crippen molar-refractivity contribution in [2.75, 3.05) is 18.5 Å². The molecule has 2 aromatic rings. The van der Waals surface area contributed by atoms with E-state index in [1.807, 2.05) is 0 Å². The van der Waals surface area contributed by atoms with Crippen LogP contribution in [-0.4, -0.2) is 25.2 Å². The Bertz CT molecular complexity index is 806. The third kappa shape index (κ3) is 5.31. The van der Waals surface area contributed by atoms with Gasteiger partial charge in [0, 0.05) is 15.6 Å². The quantitative estimate of drug-likeness (QED) is 0.427. The van der Waals surface area contributed by atoms with Gasteiger partial charge in [0.1, 0.15) is 0 Å². The summed E-state index contributed by atoms with van der Waals surface area (Å²) in [5.74, 6) is -2.84. The number of hydrogen-bond acceptors (Lipinski definition) is 5. The number of rotatable bonds is 8. The smallest absolute Gasteiger partial charge is 0.322 e. The first kappa shape index (κ1) is 22.3. The molecule has 0 fully saturated rings. The van der Waals surface area contributed by atoms with Gasteiger partial charge in [-0.25, -0.2) is 0 Å². The predicted octanol–water partition coefficient (Wildman–Crippen LogP) is 5.54. The third-order valence-corrected chi connectivity index (χ3v) is 4.90. The van der Waals surface area contributed by atoms with Crippen LogP contribution >= 0.6 is 34.8 Å². The Morgan fingerprint density at radius 2 is 1.36 bits per heavy atom. The van der Waals surface area contributed by atoms with Gasteiger partial charge in [-0.1, -0.05) is 53.0 Å². The average Bonchev–Trinajstić information content (AvgIpc) is 2.64. The van der Waals surface area contributed by atoms with Crippen molar-refractivity contribution in [1.29, 1.82) is 0 Å². The summed E-state index contributed by atoms with van der Waals surface area (Å²) >= 11 is 19.0. The minimum atomic E-state index is -1.34. The Labute approximate surface area is 178 Å². The zero-order valence-corrected chi connectivity index (χ0v) is 17.6. The normalized spacial score (nSPS) is 11.8. The van der Waals surface area contributed by atoms with Crippen LogP contribution in [0.4, 0.5) is 5.69 Å². The lowest BCUT2D eigenvalue weighted by molar-refractivity contribution is -0.162. The van der Waals surface area contributed by atoms with Crippen LogP contribution in [0, 0.1) is 5.92 Å². The van der Waals surface area contributed by atoms with E-state index in [2.05, 4.69) is 5.32 Å². The lowest BCUT2D eigenvalue weighted by Gasteiger charge is -2.28. The van der Waals surface area contributed by atoms with Crippen molar-refractivity contribution in [3.63, 3.8) is 0 Å². The first-order chi connectivity index (χ1) is 13.4. The monoisotopic (exact) mass is 443 g/mol. The summed E-state index contributed by atoms with van der Waals surface area (Å²) in [5.41, 5.74) is 0.876. The van der Waals surface area contributed by atoms with Crippen LogP contribution in [-0.2, 0) is 19.1 Å². The number of halogens is 3. The summed E-state index contributed by atoms with van der Waals surface area (Å²) in [4.78, 5) is 25.4. The maximum absolute atomic E-state index is 12.7. The highest BCUT2D eigenvalue weighted by Gasteiger charge is 2.40. The van der Waals surface area contributed by atoms with Crippen molar-refractivity contribution in [1.82, 2.24) is 0 Å². The van der Waals surface area contributed by atoms with Gasteiger partial charge in [-0.2, -0.15) is 0 Å². The van der Waals surface area contributed by atoms with Gasteiger partial charge in [0.15, 0.2) is 5.92 Å². The number of carbonyl (C=O) groups excluding carboxylic acids is 2. The molecular formula is C20H20Cl3NO4. The van der Waals surface area contributed by atoms with E-state index in [1.54, 1.807) is 56.3 Å². The van der Waals surface area contributed by atoms with Crippen LogP contribution in [0.1, 0.15) is 25.5 Å². The van der Waals surface area contributed by atoms with E-state index in [1.165, 1.54) is 0 Å². The Hall–Kier alpha value is -1.95. The second kappa shape index (κ2) is 10.6. The molecule has 1 unspecified atom stereocenters. The van der Waals surface area contributed by atoms with E-state index in [0.29, 0.717) is 16.3 Å². The topological polar surface area (TPSA) is 64.6 Å². The molecule has 0 spiro atoms. The molecule has 8 heteroatoms. The largest absolute Gasteiger partial charge is 0.465 e. The van der Waals surface area contributed by atoms with Gasteiger partial charge in [-0.3, -0.25) is 9.59 Å². The van der Waals surface area contributed by atoms with Crippen LogP contribution < -0.4 is 5.32 Å². The number of anilines is 1. The standard InChI is InChI=1S/C20H20Cl3NO4/c1-3-27-19(25)17(20(26)28-4-2)18(16-13(22)9-7-10-14(16)23)24-15-11-6-5-8-12(15)21/h5-11,17-18,24H,3-4H2,1-2H3. The van der Waals surface area contributed by atoms with Gasteiger partial charge >= 0.3 is 11.9 Å². The van der Waals surface area contributed by atoms with E-state index in [4.69, 9.17) is 44.3 Å². The van der Waals surface area contributed by atoms with Crippen LogP contribution in [0.5, 0.6) is 0 Å². The minimum Gasteiger partial charge on any atom is -0.465 e. The zero-order chi connectivity index (χ0) is 20.7. The minimum absolute atomic E-state index is 0.101. The van der Waals surface area contributed by atoms with Crippen molar-refractivity contribution >= 4 is 52.4 Å². The van der Waals surface area contributed by atoms with Crippen molar-refractivity contribution in [2.45, 2.75) is 19.9 Å². The molecule has 28 heavy (non-hydrogen) atoms. The average molecular weight is 445 g/mol. The molecule has 0 saturated heterocycles. The molecule has 0 aliphatic carbocycles. The van der Waals surface area contributed by atoms with E-state index < -0.39 is 23.9 Å². The number of para-hydroxylation sites is 1. The van der Waals surface area contributed by atoms with Gasteiger partial charge in [0.05, 0.1) is 30.0 Å². The maximum atomic E-state index is 12.7. The molecule has 0 heterocycles. The zero-order valence-electron chi connectivity index (χ0n) is 15.4. The molecule has 0 aliphatic heterocycles. The van der Waals surface area contributed by atoms with Gasteiger partial charge < -0.3 is 14.8 Å². The molecule has 1 atom stereocenters. The third-order valence-electron chi connectivity index (χ3n) is 3.91. The molecule has 0 aromatic heterocycles. The molecule has 2 rings (SSSR count).